The van der Waals surface area contributed by atoms with Crippen molar-refractivity contribution >= 4 is 17.8 Å². The summed E-state index contributed by atoms with van der Waals surface area (Å²) >= 11 is 0. The summed E-state index contributed by atoms with van der Waals surface area (Å²) in [5, 5.41) is 54.7. The lowest BCUT2D eigenvalue weighted by atomic mass is 9.81. The number of ether oxygens (including phenoxy) is 5. The molecule has 242 valence electrons. The second-order valence-electron chi connectivity index (χ2n) is 11.2. The lowest BCUT2D eigenvalue weighted by molar-refractivity contribution is -0.333. The molecule has 14 nitrogen and oxygen atoms in total. The fourth-order valence-electron chi connectivity index (χ4n) is 5.38. The number of esters is 1. The third-order valence-electron chi connectivity index (χ3n) is 8.10. The van der Waals surface area contributed by atoms with Crippen LogP contribution in [0.25, 0.3) is 0 Å². The Morgan fingerprint density at radius 1 is 1.00 bits per heavy atom. The highest BCUT2D eigenvalue weighted by molar-refractivity contribution is 5.74. The Morgan fingerprint density at radius 2 is 1.65 bits per heavy atom. The van der Waals surface area contributed by atoms with Crippen LogP contribution in [-0.2, 0) is 38.1 Å². The Morgan fingerprint density at radius 3 is 2.21 bits per heavy atom. The van der Waals surface area contributed by atoms with E-state index in [9.17, 15) is 39.9 Å². The zero-order valence-electron chi connectivity index (χ0n) is 24.8. The molecule has 13 atom stereocenters. The Bertz CT molecular complexity index is 1070. The van der Waals surface area contributed by atoms with Crippen LogP contribution in [0.2, 0.25) is 0 Å². The normalized spacial score (nSPS) is 33.9. The average molecular weight is 614 g/mol. The van der Waals surface area contributed by atoms with Crippen molar-refractivity contribution < 1.29 is 63.6 Å². The molecule has 0 spiro atoms. The van der Waals surface area contributed by atoms with E-state index in [1.165, 1.54) is 6.92 Å². The molecule has 0 radical (unpaired) electrons. The minimum absolute atomic E-state index is 0.0770. The number of methoxy groups -OCH3 is 1. The van der Waals surface area contributed by atoms with E-state index in [1.54, 1.807) is 13.8 Å². The first kappa shape index (κ1) is 34.8. The second-order valence-corrected chi connectivity index (χ2v) is 11.2. The minimum Gasteiger partial charge on any atom is -0.479 e. The molecule has 0 aliphatic carbocycles. The maximum Gasteiger partial charge on any atom is 0.335 e. The van der Waals surface area contributed by atoms with Gasteiger partial charge in [0.2, 0.25) is 12.2 Å². The lowest BCUT2D eigenvalue weighted by Crippen LogP contribution is -2.66. The highest BCUT2D eigenvalue weighted by atomic mass is 16.7. The van der Waals surface area contributed by atoms with Gasteiger partial charge in [0.15, 0.2) is 12.4 Å². The summed E-state index contributed by atoms with van der Waals surface area (Å²) < 4.78 is 27.3. The number of benzene rings is 1. The van der Waals surface area contributed by atoms with Gasteiger partial charge in [-0.2, -0.15) is 0 Å². The van der Waals surface area contributed by atoms with Crippen LogP contribution in [0.3, 0.4) is 0 Å². The van der Waals surface area contributed by atoms with Crippen molar-refractivity contribution in [2.24, 2.45) is 11.8 Å². The van der Waals surface area contributed by atoms with Gasteiger partial charge in [0.05, 0.1) is 24.7 Å². The van der Waals surface area contributed by atoms with Gasteiger partial charge in [-0.15, -0.1) is 0 Å². The number of carboxylic acid groups (broad SMARTS) is 1. The number of nitrogens with one attached hydrogen (secondary N) is 1. The van der Waals surface area contributed by atoms with E-state index in [0.717, 1.165) is 12.7 Å². The Labute approximate surface area is 249 Å². The van der Waals surface area contributed by atoms with Gasteiger partial charge in [-0.05, 0) is 30.7 Å². The maximum atomic E-state index is 13.5. The smallest absolute Gasteiger partial charge is 0.335 e. The zero-order valence-corrected chi connectivity index (χ0v) is 24.8. The largest absolute Gasteiger partial charge is 0.479 e. The molecule has 0 saturated carbocycles. The van der Waals surface area contributed by atoms with Crippen LogP contribution >= 0.6 is 0 Å². The van der Waals surface area contributed by atoms with E-state index in [4.69, 9.17) is 23.7 Å². The molecular weight excluding hydrogens is 570 g/mol. The molecule has 2 aliphatic heterocycles. The predicted molar refractivity (Wildman–Crippen MR) is 147 cm³/mol. The van der Waals surface area contributed by atoms with Crippen LogP contribution in [0, 0.1) is 11.8 Å². The van der Waals surface area contributed by atoms with E-state index in [-0.39, 0.29) is 12.5 Å². The number of rotatable bonds is 12. The summed E-state index contributed by atoms with van der Waals surface area (Å²) in [6, 6.07) is 8.47. The summed E-state index contributed by atoms with van der Waals surface area (Å²) in [5.41, 5.74) is 0.988. The van der Waals surface area contributed by atoms with Crippen molar-refractivity contribution in [3.05, 3.63) is 35.9 Å². The van der Waals surface area contributed by atoms with Crippen molar-refractivity contribution in [1.82, 2.24) is 5.32 Å². The number of aliphatic hydroxyl groups excluding tert-OH is 4. The van der Waals surface area contributed by atoms with Crippen molar-refractivity contribution in [3.8, 4) is 0 Å². The van der Waals surface area contributed by atoms with Gasteiger partial charge in [-0.3, -0.25) is 9.59 Å². The third kappa shape index (κ3) is 8.48. The lowest BCUT2D eigenvalue weighted by Gasteiger charge is -2.45. The summed E-state index contributed by atoms with van der Waals surface area (Å²) in [4.78, 5) is 37.1. The number of carboxylic acids is 1. The molecule has 1 aromatic carbocycles. The van der Waals surface area contributed by atoms with Gasteiger partial charge >= 0.3 is 11.9 Å². The van der Waals surface area contributed by atoms with E-state index in [1.807, 2.05) is 37.3 Å². The molecule has 0 bridgehead atoms. The molecular formula is C29H43NO13. The van der Waals surface area contributed by atoms with E-state index >= 15 is 0 Å². The van der Waals surface area contributed by atoms with Gasteiger partial charge in [0.25, 0.3) is 0 Å². The van der Waals surface area contributed by atoms with Crippen molar-refractivity contribution in [1.29, 1.82) is 0 Å². The number of amides is 1. The van der Waals surface area contributed by atoms with Crippen LogP contribution in [0.5, 0.6) is 0 Å². The van der Waals surface area contributed by atoms with Crippen molar-refractivity contribution in [2.75, 3.05) is 13.7 Å². The van der Waals surface area contributed by atoms with Crippen LogP contribution in [-0.4, -0.2) is 118 Å². The molecule has 1 aromatic rings. The molecule has 3 rings (SSSR count). The quantitative estimate of drug-likeness (QED) is 0.165. The fraction of sp³-hybridized carbons (Fsp3) is 0.690. The van der Waals surface area contributed by atoms with Crippen LogP contribution < -0.4 is 5.32 Å². The topological polar surface area (TPSA) is 211 Å². The first-order valence-corrected chi connectivity index (χ1v) is 14.2. The first-order valence-electron chi connectivity index (χ1n) is 14.2. The molecule has 1 amide bonds. The molecule has 2 heterocycles. The molecule has 0 aromatic heterocycles. The van der Waals surface area contributed by atoms with Gasteiger partial charge in [-0.1, -0.05) is 44.2 Å². The summed E-state index contributed by atoms with van der Waals surface area (Å²) in [6.07, 6.45) is -13.8. The minimum atomic E-state index is -1.80. The maximum absolute atomic E-state index is 13.5. The standard InChI is InChI=1S/C29H43NO13/c1-13(17-9-7-6-8-10-17)11-18(14(2)15(3)31)27(38)43-28-22(35)23(19(12-40-28)30-16(4)32)41-29-21(34)20(33)24(39-5)25(42-29)26(36)37/h6-10,13-15,18-25,28-29,31,33-35H,11-12H2,1-5H3,(H,30,32)(H,36,37)/t13?,14?,15?,18?,19?,20-,21?,22+,23-,24+,25?,28?,29-/m1/s1. The summed E-state index contributed by atoms with van der Waals surface area (Å²) in [6.45, 7) is 6.13. The molecule has 14 heteroatoms. The highest BCUT2D eigenvalue weighted by Gasteiger charge is 2.52. The van der Waals surface area contributed by atoms with Gasteiger partial charge < -0.3 is 54.5 Å². The van der Waals surface area contributed by atoms with Crippen molar-refractivity contribution in [3.63, 3.8) is 0 Å². The third-order valence-corrected chi connectivity index (χ3v) is 8.10. The highest BCUT2D eigenvalue weighted by Crippen LogP contribution is 2.33. The van der Waals surface area contributed by atoms with E-state index in [0.29, 0.717) is 6.42 Å². The first-order chi connectivity index (χ1) is 20.3. The van der Waals surface area contributed by atoms with Gasteiger partial charge in [-0.25, -0.2) is 4.79 Å². The molecule has 8 unspecified atom stereocenters. The van der Waals surface area contributed by atoms with Crippen LogP contribution in [0.4, 0.5) is 0 Å². The zero-order chi connectivity index (χ0) is 32.0. The average Bonchev–Trinajstić information content (AvgIpc) is 2.96. The second kappa shape index (κ2) is 15.3. The van der Waals surface area contributed by atoms with Gasteiger partial charge in [0.1, 0.15) is 30.5 Å². The van der Waals surface area contributed by atoms with E-state index in [2.05, 4.69) is 5.32 Å². The number of aliphatic carboxylic acids is 1. The number of carbonyl (C=O) groups excluding carboxylic acids is 2. The molecule has 43 heavy (non-hydrogen) atoms. The SMILES string of the molecule is CO[C@@H]1C(C(=O)O)O[C@@H](O[C@@H]2C(NC(C)=O)COC(OC(=O)C(CC(C)c3ccccc3)C(C)C(C)O)[C@H]2O)C(O)[C@H]1O. The number of carbonyl (C=O) groups is 3. The molecule has 2 saturated heterocycles. The Balaban J connectivity index is 1.81. The number of hydrogen-bond acceptors (Lipinski definition) is 12. The summed E-state index contributed by atoms with van der Waals surface area (Å²) in [7, 11) is 1.14. The monoisotopic (exact) mass is 613 g/mol. The van der Waals surface area contributed by atoms with Crippen LogP contribution in [0.15, 0.2) is 30.3 Å². The molecule has 2 aliphatic rings. The van der Waals surface area contributed by atoms with E-state index < -0.39 is 91.0 Å². The number of aliphatic hydroxyl groups is 4. The van der Waals surface area contributed by atoms with Crippen molar-refractivity contribution in [2.45, 2.75) is 101 Å². The summed E-state index contributed by atoms with van der Waals surface area (Å²) in [5.74, 6) is -4.14. The number of hydrogen-bond donors (Lipinski definition) is 6. The Kier molecular flexibility index (Phi) is 12.4. The fourth-order valence-corrected chi connectivity index (χ4v) is 5.38. The molecule has 6 N–H and O–H groups in total. The van der Waals surface area contributed by atoms with Crippen LogP contribution in [0.1, 0.15) is 45.6 Å². The molecule has 2 fully saturated rings. The predicted octanol–water partition coefficient (Wildman–Crippen LogP) is -0.490. The Hall–Kier alpha value is -2.69. The van der Waals surface area contributed by atoms with Gasteiger partial charge in [0, 0.05) is 14.0 Å².